The number of hydrogen-bond acceptors (Lipinski definition) is 3. The number of nitrogens with one attached hydrogen (secondary N) is 1. The summed E-state index contributed by atoms with van der Waals surface area (Å²) in [4.78, 5) is 11.7. The Labute approximate surface area is 132 Å². The van der Waals surface area contributed by atoms with Crippen LogP contribution >= 0.6 is 15.9 Å². The van der Waals surface area contributed by atoms with Crippen LogP contribution in [0.3, 0.4) is 0 Å². The first-order valence-electron chi connectivity index (χ1n) is 6.61. The van der Waals surface area contributed by atoms with Crippen molar-refractivity contribution in [2.24, 2.45) is 5.73 Å². The maximum Gasteiger partial charge on any atom is 0.244 e. The summed E-state index contributed by atoms with van der Waals surface area (Å²) >= 11 is 3.36. The highest BCUT2D eigenvalue weighted by Crippen LogP contribution is 2.22. The summed E-state index contributed by atoms with van der Waals surface area (Å²) in [6, 6.07) is 14.4. The Morgan fingerprint density at radius 1 is 1.14 bits per heavy atom. The number of aliphatic hydroxyl groups excluding tert-OH is 1. The van der Waals surface area contributed by atoms with Gasteiger partial charge in [0.25, 0.3) is 0 Å². The van der Waals surface area contributed by atoms with Gasteiger partial charge in [0.2, 0.25) is 5.91 Å². The number of hydrogen-bond donors (Lipinski definition) is 3. The lowest BCUT2D eigenvalue weighted by Gasteiger charge is -2.17. The summed E-state index contributed by atoms with van der Waals surface area (Å²) < 4.78 is 0.947. The second-order valence-electron chi connectivity index (χ2n) is 4.70. The Morgan fingerprint density at radius 2 is 1.76 bits per heavy atom. The van der Waals surface area contributed by atoms with Gasteiger partial charge in [-0.15, -0.1) is 0 Å². The zero-order chi connectivity index (χ0) is 15.2. The predicted octanol–water partition coefficient (Wildman–Crippen LogP) is 2.62. The fraction of sp³-hybridized carbons (Fsp3) is 0.188. The van der Waals surface area contributed by atoms with Crippen LogP contribution in [0.2, 0.25) is 0 Å². The van der Waals surface area contributed by atoms with Gasteiger partial charge in [-0.2, -0.15) is 0 Å². The number of nitrogens with two attached hydrogens (primary N) is 1. The standard InChI is InChI=1S/C16H17BrN2O2/c17-13-5-3-12(4-6-13)15(16(18)21)19-14-7-1-11(2-8-14)9-10-20/h1-8,15,19-20H,9-10H2,(H2,18,21)/t15-/m1/s1. The van der Waals surface area contributed by atoms with Crippen LogP contribution in [0, 0.1) is 0 Å². The van der Waals surface area contributed by atoms with E-state index in [4.69, 9.17) is 10.8 Å². The van der Waals surface area contributed by atoms with Crippen molar-refractivity contribution in [1.29, 1.82) is 0 Å². The Balaban J connectivity index is 2.16. The summed E-state index contributed by atoms with van der Waals surface area (Å²) in [6.45, 7) is 0.121. The van der Waals surface area contributed by atoms with E-state index in [0.717, 1.165) is 21.3 Å². The van der Waals surface area contributed by atoms with Crippen molar-refractivity contribution in [3.63, 3.8) is 0 Å². The minimum absolute atomic E-state index is 0.121. The van der Waals surface area contributed by atoms with E-state index in [1.165, 1.54) is 0 Å². The zero-order valence-corrected chi connectivity index (χ0v) is 13.0. The number of anilines is 1. The minimum atomic E-state index is -0.582. The van der Waals surface area contributed by atoms with E-state index in [1.54, 1.807) is 0 Å². The quantitative estimate of drug-likeness (QED) is 0.751. The van der Waals surface area contributed by atoms with Crippen LogP contribution in [0.25, 0.3) is 0 Å². The third kappa shape index (κ3) is 4.31. The lowest BCUT2D eigenvalue weighted by atomic mass is 10.1. The van der Waals surface area contributed by atoms with Crippen molar-refractivity contribution in [2.45, 2.75) is 12.5 Å². The molecule has 0 saturated heterocycles. The van der Waals surface area contributed by atoms with E-state index < -0.39 is 11.9 Å². The van der Waals surface area contributed by atoms with Gasteiger partial charge in [0.15, 0.2) is 0 Å². The molecule has 0 unspecified atom stereocenters. The average molecular weight is 349 g/mol. The van der Waals surface area contributed by atoms with E-state index in [2.05, 4.69) is 21.2 Å². The highest BCUT2D eigenvalue weighted by molar-refractivity contribution is 9.10. The van der Waals surface area contributed by atoms with Gasteiger partial charge in [0, 0.05) is 16.8 Å². The fourth-order valence-corrected chi connectivity index (χ4v) is 2.30. The lowest BCUT2D eigenvalue weighted by Crippen LogP contribution is -2.27. The molecule has 0 aromatic heterocycles. The van der Waals surface area contributed by atoms with E-state index in [0.29, 0.717) is 6.42 Å². The monoisotopic (exact) mass is 348 g/mol. The normalized spacial score (nSPS) is 11.9. The van der Waals surface area contributed by atoms with Gasteiger partial charge in [-0.05, 0) is 41.8 Å². The Bertz CT molecular complexity index is 597. The van der Waals surface area contributed by atoms with Crippen molar-refractivity contribution in [1.82, 2.24) is 0 Å². The molecule has 0 aliphatic carbocycles. The van der Waals surface area contributed by atoms with Crippen LogP contribution in [-0.2, 0) is 11.2 Å². The van der Waals surface area contributed by atoms with Gasteiger partial charge in [0.05, 0.1) is 0 Å². The molecule has 2 aromatic carbocycles. The molecule has 0 radical (unpaired) electrons. The molecular formula is C16H17BrN2O2. The van der Waals surface area contributed by atoms with Crippen molar-refractivity contribution in [2.75, 3.05) is 11.9 Å². The average Bonchev–Trinajstić information content (AvgIpc) is 2.47. The van der Waals surface area contributed by atoms with Gasteiger partial charge in [0.1, 0.15) is 6.04 Å². The molecule has 4 N–H and O–H groups in total. The van der Waals surface area contributed by atoms with Crippen LogP contribution in [0.4, 0.5) is 5.69 Å². The minimum Gasteiger partial charge on any atom is -0.396 e. The molecule has 4 nitrogen and oxygen atoms in total. The van der Waals surface area contributed by atoms with Crippen molar-refractivity contribution in [3.8, 4) is 0 Å². The Kier molecular flexibility index (Phi) is 5.36. The molecule has 21 heavy (non-hydrogen) atoms. The molecule has 0 spiro atoms. The first-order valence-corrected chi connectivity index (χ1v) is 7.40. The second-order valence-corrected chi connectivity index (χ2v) is 5.62. The van der Waals surface area contributed by atoms with E-state index in [1.807, 2.05) is 48.5 Å². The maximum atomic E-state index is 11.7. The summed E-state index contributed by atoms with van der Waals surface area (Å²) in [5, 5.41) is 12.0. The number of benzene rings is 2. The Hall–Kier alpha value is -1.85. The van der Waals surface area contributed by atoms with Gasteiger partial charge >= 0.3 is 0 Å². The molecule has 0 bridgehead atoms. The molecule has 0 aliphatic rings. The van der Waals surface area contributed by atoms with Gasteiger partial charge in [-0.1, -0.05) is 40.2 Å². The first-order chi connectivity index (χ1) is 10.1. The largest absolute Gasteiger partial charge is 0.396 e. The SMILES string of the molecule is NC(=O)[C@H](Nc1ccc(CCO)cc1)c1ccc(Br)cc1. The second kappa shape index (κ2) is 7.24. The number of carbonyl (C=O) groups is 1. The van der Waals surface area contributed by atoms with Crippen LogP contribution in [-0.4, -0.2) is 17.6 Å². The topological polar surface area (TPSA) is 75.4 Å². The number of carbonyl (C=O) groups excluding carboxylic acids is 1. The highest BCUT2D eigenvalue weighted by atomic mass is 79.9. The maximum absolute atomic E-state index is 11.7. The number of halogens is 1. The van der Waals surface area contributed by atoms with Gasteiger partial charge < -0.3 is 16.2 Å². The third-order valence-electron chi connectivity index (χ3n) is 3.15. The molecule has 5 heteroatoms. The molecular weight excluding hydrogens is 332 g/mol. The van der Waals surface area contributed by atoms with Crippen LogP contribution in [0.1, 0.15) is 17.2 Å². The molecule has 2 rings (SSSR count). The van der Waals surface area contributed by atoms with Gasteiger partial charge in [-0.3, -0.25) is 4.79 Å². The third-order valence-corrected chi connectivity index (χ3v) is 3.68. The summed E-state index contributed by atoms with van der Waals surface area (Å²) in [7, 11) is 0. The molecule has 0 heterocycles. The molecule has 2 aromatic rings. The van der Waals surface area contributed by atoms with Crippen LogP contribution in [0.5, 0.6) is 0 Å². The highest BCUT2D eigenvalue weighted by Gasteiger charge is 2.17. The predicted molar refractivity (Wildman–Crippen MR) is 86.9 cm³/mol. The zero-order valence-electron chi connectivity index (χ0n) is 11.4. The number of amides is 1. The Morgan fingerprint density at radius 3 is 2.29 bits per heavy atom. The van der Waals surface area contributed by atoms with Crippen LogP contribution in [0.15, 0.2) is 53.0 Å². The van der Waals surface area contributed by atoms with Crippen molar-refractivity contribution < 1.29 is 9.90 Å². The van der Waals surface area contributed by atoms with Crippen LogP contribution < -0.4 is 11.1 Å². The molecule has 0 saturated carbocycles. The smallest absolute Gasteiger partial charge is 0.244 e. The molecule has 1 amide bonds. The van der Waals surface area contributed by atoms with E-state index in [9.17, 15) is 4.79 Å². The first kappa shape index (κ1) is 15.5. The number of aliphatic hydroxyl groups is 1. The summed E-state index contributed by atoms with van der Waals surface area (Å²) in [5.74, 6) is -0.434. The van der Waals surface area contributed by atoms with Crippen molar-refractivity contribution >= 4 is 27.5 Å². The van der Waals surface area contributed by atoms with E-state index >= 15 is 0 Å². The van der Waals surface area contributed by atoms with Gasteiger partial charge in [-0.25, -0.2) is 0 Å². The number of primary amides is 1. The van der Waals surface area contributed by atoms with E-state index in [-0.39, 0.29) is 6.61 Å². The van der Waals surface area contributed by atoms with Crippen molar-refractivity contribution in [3.05, 3.63) is 64.1 Å². The fourth-order valence-electron chi connectivity index (χ4n) is 2.04. The molecule has 1 atom stereocenters. The molecule has 0 fully saturated rings. The lowest BCUT2D eigenvalue weighted by molar-refractivity contribution is -0.118. The number of rotatable bonds is 6. The molecule has 110 valence electrons. The summed E-state index contributed by atoms with van der Waals surface area (Å²) in [6.07, 6.45) is 0.617. The molecule has 0 aliphatic heterocycles. The summed E-state index contributed by atoms with van der Waals surface area (Å²) in [5.41, 5.74) is 8.15.